The molecule has 4 atom stereocenters. The Hall–Kier alpha value is -4.21. The average molecular weight is 540 g/mol. The smallest absolute Gasteiger partial charge is 0.326 e. The highest BCUT2D eigenvalue weighted by atomic mass is 16.4. The number of amides is 3. The maximum atomic E-state index is 13.2. The summed E-state index contributed by atoms with van der Waals surface area (Å²) >= 11 is 0. The number of aliphatic imine (C=N–C) groups is 1. The highest BCUT2D eigenvalue weighted by molar-refractivity contribution is 5.94. The van der Waals surface area contributed by atoms with Crippen molar-refractivity contribution in [2.75, 3.05) is 6.54 Å². The van der Waals surface area contributed by atoms with Crippen LogP contribution >= 0.6 is 0 Å². The first-order valence-electron chi connectivity index (χ1n) is 11.9. The lowest BCUT2D eigenvalue weighted by Gasteiger charge is -2.25. The van der Waals surface area contributed by atoms with Gasteiger partial charge in [0.1, 0.15) is 18.1 Å². The quantitative estimate of drug-likeness (QED) is 0.0561. The number of aromatic nitrogens is 2. The third-order valence-electron chi connectivity index (χ3n) is 5.24. The van der Waals surface area contributed by atoms with E-state index in [2.05, 4.69) is 30.9 Å². The van der Waals surface area contributed by atoms with E-state index in [9.17, 15) is 29.1 Å². The summed E-state index contributed by atoms with van der Waals surface area (Å²) in [5, 5.41) is 25.8. The number of carboxylic acids is 2. The summed E-state index contributed by atoms with van der Waals surface area (Å²) in [6.07, 6.45) is 2.53. The number of nitrogens with two attached hydrogens (primary N) is 3. The number of hydrogen-bond donors (Lipinski definition) is 9. The minimum Gasteiger partial charge on any atom is -0.481 e. The zero-order valence-corrected chi connectivity index (χ0v) is 21.3. The third-order valence-corrected chi connectivity index (χ3v) is 5.24. The zero-order chi connectivity index (χ0) is 28.8. The van der Waals surface area contributed by atoms with E-state index in [1.807, 2.05) is 0 Å². The van der Waals surface area contributed by atoms with Crippen molar-refractivity contribution < 1.29 is 34.2 Å². The van der Waals surface area contributed by atoms with Crippen LogP contribution in [0.25, 0.3) is 0 Å². The average Bonchev–Trinajstić information content (AvgIpc) is 3.32. The summed E-state index contributed by atoms with van der Waals surface area (Å²) < 4.78 is 0. The van der Waals surface area contributed by atoms with Crippen LogP contribution in [-0.4, -0.2) is 86.5 Å². The van der Waals surface area contributed by atoms with Gasteiger partial charge in [-0.2, -0.15) is 0 Å². The van der Waals surface area contributed by atoms with Gasteiger partial charge in [0.15, 0.2) is 5.96 Å². The molecule has 12 N–H and O–H groups in total. The Morgan fingerprint density at radius 1 is 1.00 bits per heavy atom. The Morgan fingerprint density at radius 2 is 1.61 bits per heavy atom. The van der Waals surface area contributed by atoms with E-state index in [0.717, 1.165) is 0 Å². The molecule has 3 amide bonds. The van der Waals surface area contributed by atoms with Gasteiger partial charge in [-0.15, -0.1) is 0 Å². The summed E-state index contributed by atoms with van der Waals surface area (Å²) in [4.78, 5) is 71.8. The molecule has 0 fully saturated rings. The van der Waals surface area contributed by atoms with Crippen LogP contribution in [0.15, 0.2) is 17.5 Å². The Kier molecular flexibility index (Phi) is 13.2. The maximum Gasteiger partial charge on any atom is 0.326 e. The fraction of sp³-hybridized carbons (Fsp3) is 0.591. The van der Waals surface area contributed by atoms with Crippen LogP contribution in [0.3, 0.4) is 0 Å². The molecule has 0 aliphatic rings. The minimum absolute atomic E-state index is 0.0254. The molecule has 0 radical (unpaired) electrons. The fourth-order valence-corrected chi connectivity index (χ4v) is 3.39. The monoisotopic (exact) mass is 539 g/mol. The topological polar surface area (TPSA) is 281 Å². The number of carbonyl (C=O) groups is 5. The maximum absolute atomic E-state index is 13.2. The number of nitrogens with one attached hydrogen (secondary N) is 4. The van der Waals surface area contributed by atoms with E-state index < -0.39 is 60.2 Å². The highest BCUT2D eigenvalue weighted by Gasteiger charge is 2.31. The number of H-pyrrole nitrogens is 1. The first-order chi connectivity index (χ1) is 17.8. The van der Waals surface area contributed by atoms with Crippen molar-refractivity contribution >= 4 is 35.6 Å². The van der Waals surface area contributed by atoms with Crippen molar-refractivity contribution in [3.8, 4) is 0 Å². The molecule has 16 heteroatoms. The second-order valence-corrected chi connectivity index (χ2v) is 9.09. The van der Waals surface area contributed by atoms with Gasteiger partial charge in [0.05, 0.1) is 18.8 Å². The van der Waals surface area contributed by atoms with Gasteiger partial charge in [-0.05, 0) is 25.2 Å². The molecular formula is C22H37N9O7. The third kappa shape index (κ3) is 12.2. The summed E-state index contributed by atoms with van der Waals surface area (Å²) in [7, 11) is 0. The molecule has 0 saturated heterocycles. The lowest BCUT2D eigenvalue weighted by Crippen LogP contribution is -2.57. The molecule has 16 nitrogen and oxygen atoms in total. The molecule has 0 spiro atoms. The van der Waals surface area contributed by atoms with Crippen LogP contribution in [0.5, 0.6) is 0 Å². The zero-order valence-electron chi connectivity index (χ0n) is 21.3. The second-order valence-electron chi connectivity index (χ2n) is 9.09. The van der Waals surface area contributed by atoms with E-state index >= 15 is 0 Å². The van der Waals surface area contributed by atoms with Crippen LogP contribution in [0.4, 0.5) is 0 Å². The first kappa shape index (κ1) is 31.8. The van der Waals surface area contributed by atoms with Crippen molar-refractivity contribution in [1.29, 1.82) is 0 Å². The normalized spacial score (nSPS) is 14.0. The Balaban J connectivity index is 3.11. The lowest BCUT2D eigenvalue weighted by molar-refractivity contribution is -0.142. The molecule has 1 rings (SSSR count). The predicted octanol–water partition coefficient (Wildman–Crippen LogP) is -2.61. The summed E-state index contributed by atoms with van der Waals surface area (Å²) in [6.45, 7) is 3.74. The molecular weight excluding hydrogens is 502 g/mol. The fourth-order valence-electron chi connectivity index (χ4n) is 3.39. The highest BCUT2D eigenvalue weighted by Crippen LogP contribution is 2.08. The number of carbonyl (C=O) groups excluding carboxylic acids is 3. The van der Waals surface area contributed by atoms with E-state index in [1.54, 1.807) is 13.8 Å². The summed E-state index contributed by atoms with van der Waals surface area (Å²) in [6, 6.07) is -5.06. The molecule has 0 bridgehead atoms. The standard InChI is InChI=1S/C22H37N9O7/c1-11(2)6-16(21(37)38)31-20(36)15(7-12-9-26-10-28-12)30-19(35)14(4-3-5-27-22(24)25)29-18(34)13(23)8-17(32)33/h9-11,13-16H,3-8,23H2,1-2H3,(H,26,28)(H,29,34)(H,30,35)(H,31,36)(H,32,33)(H,37,38)(H4,24,25,27). The minimum atomic E-state index is -1.42. The van der Waals surface area contributed by atoms with Crippen molar-refractivity contribution in [1.82, 2.24) is 25.9 Å². The first-order valence-corrected chi connectivity index (χ1v) is 11.9. The molecule has 0 aliphatic carbocycles. The molecule has 38 heavy (non-hydrogen) atoms. The molecule has 1 heterocycles. The van der Waals surface area contributed by atoms with Crippen LogP contribution in [0.1, 0.15) is 45.2 Å². The van der Waals surface area contributed by atoms with Gasteiger partial charge in [-0.1, -0.05) is 13.8 Å². The van der Waals surface area contributed by atoms with E-state index in [-0.39, 0.29) is 44.1 Å². The molecule has 1 aromatic heterocycles. The molecule has 4 unspecified atom stereocenters. The van der Waals surface area contributed by atoms with Crippen molar-refractivity contribution in [3.05, 3.63) is 18.2 Å². The number of aliphatic carboxylic acids is 2. The van der Waals surface area contributed by atoms with Gasteiger partial charge < -0.3 is 48.3 Å². The SMILES string of the molecule is CC(C)CC(NC(=O)C(Cc1cnc[nH]1)NC(=O)C(CCCN=C(N)N)NC(=O)C(N)CC(=O)O)C(=O)O. The van der Waals surface area contributed by atoms with Gasteiger partial charge in [0.2, 0.25) is 17.7 Å². The van der Waals surface area contributed by atoms with Gasteiger partial charge in [-0.3, -0.25) is 24.2 Å². The van der Waals surface area contributed by atoms with Gasteiger partial charge in [0, 0.05) is 24.9 Å². The number of guanidine groups is 1. The van der Waals surface area contributed by atoms with E-state index in [4.69, 9.17) is 22.3 Å². The van der Waals surface area contributed by atoms with Crippen molar-refractivity contribution in [2.45, 2.75) is 70.1 Å². The summed E-state index contributed by atoms with van der Waals surface area (Å²) in [5.74, 6) is -5.13. The van der Waals surface area contributed by atoms with E-state index in [0.29, 0.717) is 5.69 Å². The molecule has 0 saturated carbocycles. The largest absolute Gasteiger partial charge is 0.481 e. The molecule has 1 aromatic rings. The molecule has 0 aliphatic heterocycles. The Morgan fingerprint density at radius 3 is 2.13 bits per heavy atom. The number of hydrogen-bond acceptors (Lipinski definition) is 8. The van der Waals surface area contributed by atoms with Gasteiger partial charge >= 0.3 is 11.9 Å². The van der Waals surface area contributed by atoms with Crippen LogP contribution < -0.4 is 33.2 Å². The molecule has 0 aromatic carbocycles. The predicted molar refractivity (Wildman–Crippen MR) is 135 cm³/mol. The summed E-state index contributed by atoms with van der Waals surface area (Å²) in [5.41, 5.74) is 16.7. The number of aromatic amines is 1. The van der Waals surface area contributed by atoms with Crippen LogP contribution in [0, 0.1) is 5.92 Å². The van der Waals surface area contributed by atoms with Crippen LogP contribution in [-0.2, 0) is 30.4 Å². The van der Waals surface area contributed by atoms with Crippen molar-refractivity contribution in [3.63, 3.8) is 0 Å². The number of imidazole rings is 1. The number of nitrogens with zero attached hydrogens (tertiary/aromatic N) is 2. The molecule has 212 valence electrons. The Bertz CT molecular complexity index is 978. The lowest BCUT2D eigenvalue weighted by atomic mass is 10.0. The van der Waals surface area contributed by atoms with E-state index in [1.165, 1.54) is 12.5 Å². The van der Waals surface area contributed by atoms with Gasteiger partial charge in [-0.25, -0.2) is 9.78 Å². The second kappa shape index (κ2) is 15.8. The van der Waals surface area contributed by atoms with Gasteiger partial charge in [0.25, 0.3) is 0 Å². The number of rotatable bonds is 17. The number of carboxylic acid groups (broad SMARTS) is 2. The van der Waals surface area contributed by atoms with Crippen LogP contribution in [0.2, 0.25) is 0 Å². The van der Waals surface area contributed by atoms with Crippen molar-refractivity contribution in [2.24, 2.45) is 28.1 Å². The Labute approximate surface area is 219 Å².